The topological polar surface area (TPSA) is 54.5 Å². The molecule has 0 aliphatic carbocycles. The molecule has 1 aromatic carbocycles. The predicted octanol–water partition coefficient (Wildman–Crippen LogP) is 4.16. The minimum absolute atomic E-state index is 0.0123. The molecule has 1 aliphatic heterocycles. The number of rotatable bonds is 5. The van der Waals surface area contributed by atoms with Crippen molar-refractivity contribution in [1.29, 1.82) is 0 Å². The summed E-state index contributed by atoms with van der Waals surface area (Å²) < 4.78 is 7.30. The van der Waals surface area contributed by atoms with Gasteiger partial charge in [0.15, 0.2) is 0 Å². The van der Waals surface area contributed by atoms with E-state index in [4.69, 9.17) is 16.0 Å². The minimum Gasteiger partial charge on any atom is -0.467 e. The van der Waals surface area contributed by atoms with Crippen LogP contribution in [0.5, 0.6) is 0 Å². The van der Waals surface area contributed by atoms with Gasteiger partial charge >= 0.3 is 0 Å². The van der Waals surface area contributed by atoms with Crippen LogP contribution in [0.3, 0.4) is 0 Å². The van der Waals surface area contributed by atoms with Crippen LogP contribution >= 0.6 is 11.6 Å². The van der Waals surface area contributed by atoms with Crippen LogP contribution in [-0.4, -0.2) is 51.7 Å². The Labute approximate surface area is 175 Å². The molecule has 4 rings (SSSR count). The van der Waals surface area contributed by atoms with Crippen LogP contribution < -0.4 is 0 Å². The van der Waals surface area contributed by atoms with Gasteiger partial charge in [0, 0.05) is 11.1 Å². The van der Waals surface area contributed by atoms with E-state index in [1.165, 1.54) is 0 Å². The van der Waals surface area contributed by atoms with Gasteiger partial charge in [0.1, 0.15) is 5.76 Å². The van der Waals surface area contributed by atoms with Gasteiger partial charge in [-0.3, -0.25) is 4.79 Å². The number of piperidine rings is 1. The van der Waals surface area contributed by atoms with Crippen LogP contribution in [0.4, 0.5) is 0 Å². The van der Waals surface area contributed by atoms with Crippen molar-refractivity contribution in [3.63, 3.8) is 0 Å². The number of benzene rings is 1. The van der Waals surface area contributed by atoms with Crippen molar-refractivity contribution in [3.8, 4) is 5.69 Å². The van der Waals surface area contributed by atoms with Crippen molar-refractivity contribution in [2.45, 2.75) is 32.4 Å². The van der Waals surface area contributed by atoms with Crippen molar-refractivity contribution in [2.75, 3.05) is 20.1 Å². The fourth-order valence-electron chi connectivity index (χ4n) is 3.89. The highest BCUT2D eigenvalue weighted by Crippen LogP contribution is 2.24. The number of hydrogen-bond donors (Lipinski definition) is 0. The van der Waals surface area contributed by atoms with E-state index in [0.717, 1.165) is 43.1 Å². The Morgan fingerprint density at radius 2 is 2.07 bits per heavy atom. The Bertz CT molecular complexity index is 975. The molecule has 0 N–H and O–H groups in total. The third-order valence-electron chi connectivity index (χ3n) is 5.59. The van der Waals surface area contributed by atoms with Crippen molar-refractivity contribution in [1.82, 2.24) is 19.6 Å². The number of likely N-dealkylation sites (tertiary alicyclic amines) is 1. The number of furan rings is 1. The lowest BCUT2D eigenvalue weighted by atomic mass is 10.0. The molecule has 3 heterocycles. The number of carbonyl (C=O) groups is 1. The van der Waals surface area contributed by atoms with E-state index < -0.39 is 0 Å². The quantitative estimate of drug-likeness (QED) is 0.631. The van der Waals surface area contributed by atoms with E-state index in [-0.39, 0.29) is 11.9 Å². The molecule has 7 heteroatoms. The van der Waals surface area contributed by atoms with Gasteiger partial charge in [-0.1, -0.05) is 17.7 Å². The molecular weight excluding hydrogens is 388 g/mol. The third kappa shape index (κ3) is 4.23. The normalized spacial score (nSPS) is 15.6. The Hall–Kier alpha value is -2.57. The lowest BCUT2D eigenvalue weighted by Gasteiger charge is -2.37. The van der Waals surface area contributed by atoms with Crippen molar-refractivity contribution in [2.24, 2.45) is 0 Å². The third-order valence-corrected chi connectivity index (χ3v) is 5.82. The largest absolute Gasteiger partial charge is 0.467 e. The Balaban J connectivity index is 1.63. The first-order chi connectivity index (χ1) is 14.0. The van der Waals surface area contributed by atoms with E-state index in [2.05, 4.69) is 17.0 Å². The van der Waals surface area contributed by atoms with Crippen molar-refractivity contribution in [3.05, 3.63) is 70.9 Å². The maximum Gasteiger partial charge on any atom is 0.257 e. The minimum atomic E-state index is -0.0123. The molecule has 1 fully saturated rings. The smallest absolute Gasteiger partial charge is 0.257 e. The van der Waals surface area contributed by atoms with E-state index in [1.54, 1.807) is 17.1 Å². The molecule has 0 saturated carbocycles. The van der Waals surface area contributed by atoms with Gasteiger partial charge in [-0.2, -0.15) is 5.10 Å². The molecule has 0 unspecified atom stereocenters. The number of carbonyl (C=O) groups excluding carboxylic acids is 1. The van der Waals surface area contributed by atoms with Crippen LogP contribution in [0.25, 0.3) is 5.69 Å². The van der Waals surface area contributed by atoms with Gasteiger partial charge in [0.25, 0.3) is 5.91 Å². The molecule has 1 aliphatic rings. The summed E-state index contributed by atoms with van der Waals surface area (Å²) in [6.45, 7) is 4.34. The summed E-state index contributed by atoms with van der Waals surface area (Å²) in [5.41, 5.74) is 2.25. The molecule has 152 valence electrons. The SMILES string of the molecule is Cc1c(C(=O)N(Cc2ccco2)C2CCN(C)CC2)cnn1-c1cccc(Cl)c1. The molecule has 29 heavy (non-hydrogen) atoms. The molecule has 0 bridgehead atoms. The van der Waals surface area contributed by atoms with Gasteiger partial charge in [0.05, 0.1) is 35.9 Å². The Morgan fingerprint density at radius 3 is 2.76 bits per heavy atom. The Kier molecular flexibility index (Phi) is 5.74. The van der Waals surface area contributed by atoms with Crippen molar-refractivity contribution >= 4 is 17.5 Å². The van der Waals surface area contributed by atoms with Crippen LogP contribution in [0.2, 0.25) is 5.02 Å². The molecule has 6 nitrogen and oxygen atoms in total. The molecule has 1 amide bonds. The highest BCUT2D eigenvalue weighted by atomic mass is 35.5. The van der Waals surface area contributed by atoms with Crippen molar-refractivity contribution < 1.29 is 9.21 Å². The molecular formula is C22H25ClN4O2. The van der Waals surface area contributed by atoms with E-state index in [1.807, 2.05) is 48.2 Å². The summed E-state index contributed by atoms with van der Waals surface area (Å²) in [7, 11) is 2.12. The summed E-state index contributed by atoms with van der Waals surface area (Å²) >= 11 is 6.13. The zero-order chi connectivity index (χ0) is 20.4. The van der Waals surface area contributed by atoms with Crippen LogP contribution in [0.15, 0.2) is 53.3 Å². The van der Waals surface area contributed by atoms with E-state index in [9.17, 15) is 4.79 Å². The monoisotopic (exact) mass is 412 g/mol. The van der Waals surface area contributed by atoms with E-state index >= 15 is 0 Å². The van der Waals surface area contributed by atoms with Gasteiger partial charge in [-0.15, -0.1) is 0 Å². The van der Waals surface area contributed by atoms with Crippen LogP contribution in [-0.2, 0) is 6.54 Å². The number of aromatic nitrogens is 2. The highest BCUT2D eigenvalue weighted by Gasteiger charge is 2.30. The molecule has 0 radical (unpaired) electrons. The second-order valence-electron chi connectivity index (χ2n) is 7.58. The van der Waals surface area contributed by atoms with Crippen LogP contribution in [0, 0.1) is 6.92 Å². The zero-order valence-corrected chi connectivity index (χ0v) is 17.5. The molecule has 1 saturated heterocycles. The lowest BCUT2D eigenvalue weighted by molar-refractivity contribution is 0.0550. The summed E-state index contributed by atoms with van der Waals surface area (Å²) in [4.78, 5) is 17.8. The summed E-state index contributed by atoms with van der Waals surface area (Å²) in [6.07, 6.45) is 5.20. The average molecular weight is 413 g/mol. The predicted molar refractivity (Wildman–Crippen MR) is 112 cm³/mol. The first kappa shape index (κ1) is 19.7. The highest BCUT2D eigenvalue weighted by molar-refractivity contribution is 6.30. The van der Waals surface area contributed by atoms with Gasteiger partial charge in [-0.25, -0.2) is 4.68 Å². The Morgan fingerprint density at radius 1 is 1.28 bits per heavy atom. The number of halogens is 1. The van der Waals surface area contributed by atoms with Gasteiger partial charge < -0.3 is 14.2 Å². The zero-order valence-electron chi connectivity index (χ0n) is 16.7. The first-order valence-corrected chi connectivity index (χ1v) is 10.2. The van der Waals surface area contributed by atoms with Gasteiger partial charge in [0.2, 0.25) is 0 Å². The van der Waals surface area contributed by atoms with E-state index in [0.29, 0.717) is 17.1 Å². The first-order valence-electron chi connectivity index (χ1n) is 9.85. The fraction of sp³-hybridized carbons (Fsp3) is 0.364. The number of nitrogens with zero attached hydrogens (tertiary/aromatic N) is 4. The molecule has 0 atom stereocenters. The standard InChI is InChI=1S/C22H25ClN4O2/c1-16-21(14-24-27(16)19-6-3-5-17(23)13-19)22(28)26(15-20-7-4-12-29-20)18-8-10-25(2)11-9-18/h3-7,12-14,18H,8-11,15H2,1-2H3. The van der Waals surface area contributed by atoms with Crippen LogP contribution in [0.1, 0.15) is 34.7 Å². The summed E-state index contributed by atoms with van der Waals surface area (Å²) in [5.74, 6) is 0.777. The number of amides is 1. The lowest BCUT2D eigenvalue weighted by Crippen LogP contribution is -2.46. The summed E-state index contributed by atoms with van der Waals surface area (Å²) in [6, 6.07) is 11.4. The maximum atomic E-state index is 13.6. The molecule has 0 spiro atoms. The fourth-order valence-corrected chi connectivity index (χ4v) is 4.07. The second kappa shape index (κ2) is 8.43. The summed E-state index contributed by atoms with van der Waals surface area (Å²) in [5, 5.41) is 5.10. The average Bonchev–Trinajstić information content (AvgIpc) is 3.36. The van der Waals surface area contributed by atoms with Gasteiger partial charge in [-0.05, 0) is 70.2 Å². The number of hydrogen-bond acceptors (Lipinski definition) is 4. The second-order valence-corrected chi connectivity index (χ2v) is 8.02. The molecule has 2 aromatic heterocycles. The molecule has 3 aromatic rings. The maximum absolute atomic E-state index is 13.6.